The maximum absolute atomic E-state index is 2.63. The first-order chi connectivity index (χ1) is 30.6. The standard InChI is InChI=1S/C61H69N/c1-3-36-61(37-4-2)59-29-15-14-28-57(59)58-35-34-56(43-60(58)61)62(54-32-30-47(31-33-54)44-18-8-5-9-19-44)55-27-17-26-50(42-55)48-24-16-25-49(38-48)53-40-51(45-20-10-6-11-21-45)39-52(41-53)46-22-12-7-13-23-46/h14-17,24-35,38-46H,3-13,18-23,36-37H2,1-2H3. The number of anilines is 3. The van der Waals surface area contributed by atoms with E-state index in [1.54, 1.807) is 11.1 Å². The highest BCUT2D eigenvalue weighted by Gasteiger charge is 2.42. The Bertz CT molecular complexity index is 2410. The van der Waals surface area contributed by atoms with Crippen LogP contribution in [0.2, 0.25) is 0 Å². The maximum Gasteiger partial charge on any atom is 0.0467 e. The summed E-state index contributed by atoms with van der Waals surface area (Å²) in [5.74, 6) is 2.10. The molecule has 3 saturated carbocycles. The molecule has 6 aromatic carbocycles. The van der Waals surface area contributed by atoms with Gasteiger partial charge in [-0.05, 0) is 173 Å². The second-order valence-corrected chi connectivity index (χ2v) is 19.8. The van der Waals surface area contributed by atoms with Crippen molar-refractivity contribution >= 4 is 17.1 Å². The fraction of sp³-hybridized carbons (Fsp3) is 0.410. The Balaban J connectivity index is 1.05. The van der Waals surface area contributed by atoms with E-state index >= 15 is 0 Å². The molecule has 0 spiro atoms. The summed E-state index contributed by atoms with van der Waals surface area (Å²) in [7, 11) is 0. The molecule has 0 saturated heterocycles. The molecule has 3 fully saturated rings. The van der Waals surface area contributed by atoms with Crippen molar-refractivity contribution < 1.29 is 0 Å². The van der Waals surface area contributed by atoms with Crippen molar-refractivity contribution in [2.45, 2.75) is 159 Å². The average Bonchev–Trinajstić information content (AvgIpc) is 3.61. The molecular weight excluding hydrogens is 747 g/mol. The van der Waals surface area contributed by atoms with Crippen LogP contribution in [0.15, 0.2) is 133 Å². The lowest BCUT2D eigenvalue weighted by Gasteiger charge is -2.33. The lowest BCUT2D eigenvalue weighted by Crippen LogP contribution is -2.25. The molecule has 0 N–H and O–H groups in total. The zero-order valence-electron chi connectivity index (χ0n) is 37.8. The van der Waals surface area contributed by atoms with Crippen LogP contribution in [0.25, 0.3) is 33.4 Å². The Labute approximate surface area is 374 Å². The molecule has 10 rings (SSSR count). The van der Waals surface area contributed by atoms with Gasteiger partial charge in [0.05, 0.1) is 0 Å². The molecular formula is C61H69N. The minimum atomic E-state index is 0.0371. The average molecular weight is 816 g/mol. The zero-order valence-corrected chi connectivity index (χ0v) is 37.8. The van der Waals surface area contributed by atoms with E-state index in [9.17, 15) is 0 Å². The molecule has 0 heterocycles. The monoisotopic (exact) mass is 816 g/mol. The smallest absolute Gasteiger partial charge is 0.0467 e. The van der Waals surface area contributed by atoms with Crippen LogP contribution >= 0.6 is 0 Å². The van der Waals surface area contributed by atoms with Gasteiger partial charge in [0, 0.05) is 22.5 Å². The van der Waals surface area contributed by atoms with Crippen molar-refractivity contribution in [3.63, 3.8) is 0 Å². The quantitative estimate of drug-likeness (QED) is 0.119. The summed E-state index contributed by atoms with van der Waals surface area (Å²) >= 11 is 0. The topological polar surface area (TPSA) is 3.24 Å². The van der Waals surface area contributed by atoms with Crippen LogP contribution in [0.1, 0.15) is 181 Å². The van der Waals surface area contributed by atoms with E-state index in [1.165, 1.54) is 176 Å². The summed E-state index contributed by atoms with van der Waals surface area (Å²) in [5, 5.41) is 0. The Morgan fingerprint density at radius 3 is 1.50 bits per heavy atom. The lowest BCUT2D eigenvalue weighted by molar-refractivity contribution is 0.435. The summed E-state index contributed by atoms with van der Waals surface area (Å²) in [4.78, 5) is 2.55. The third-order valence-corrected chi connectivity index (χ3v) is 15.9. The van der Waals surface area contributed by atoms with Gasteiger partial charge in [0.2, 0.25) is 0 Å². The van der Waals surface area contributed by atoms with E-state index in [-0.39, 0.29) is 5.41 Å². The highest BCUT2D eigenvalue weighted by molar-refractivity contribution is 5.87. The summed E-state index contributed by atoms with van der Waals surface area (Å²) in [5.41, 5.74) is 19.6. The third-order valence-electron chi connectivity index (χ3n) is 15.9. The normalized spacial score (nSPS) is 18.0. The van der Waals surface area contributed by atoms with Crippen molar-refractivity contribution in [2.75, 3.05) is 4.90 Å². The van der Waals surface area contributed by atoms with Crippen LogP contribution in [0, 0.1) is 0 Å². The number of hydrogen-bond donors (Lipinski definition) is 0. The van der Waals surface area contributed by atoms with Crippen molar-refractivity contribution in [1.29, 1.82) is 0 Å². The molecule has 0 atom stereocenters. The van der Waals surface area contributed by atoms with Crippen LogP contribution in [-0.2, 0) is 5.41 Å². The van der Waals surface area contributed by atoms with Gasteiger partial charge < -0.3 is 4.90 Å². The van der Waals surface area contributed by atoms with Crippen molar-refractivity contribution in [1.82, 2.24) is 0 Å². The fourth-order valence-corrected chi connectivity index (χ4v) is 12.8. The highest BCUT2D eigenvalue weighted by Crippen LogP contribution is 2.55. The van der Waals surface area contributed by atoms with Crippen LogP contribution in [0.3, 0.4) is 0 Å². The van der Waals surface area contributed by atoms with Gasteiger partial charge in [-0.15, -0.1) is 0 Å². The van der Waals surface area contributed by atoms with E-state index in [4.69, 9.17) is 0 Å². The van der Waals surface area contributed by atoms with E-state index < -0.39 is 0 Å². The molecule has 1 heteroatoms. The minimum Gasteiger partial charge on any atom is -0.310 e. The first-order valence-electron chi connectivity index (χ1n) is 25.1. The summed E-state index contributed by atoms with van der Waals surface area (Å²) in [6.07, 6.45) is 25.1. The largest absolute Gasteiger partial charge is 0.310 e. The molecule has 318 valence electrons. The SMILES string of the molecule is CCCC1(CCC)c2ccccc2-c2ccc(N(c3ccc(C4CCCCC4)cc3)c3cccc(-c4cccc(-c5cc(C6CCCCC6)cc(C6CCCCC6)c5)c4)c3)cc21. The number of rotatable bonds is 12. The molecule has 0 bridgehead atoms. The molecule has 0 amide bonds. The maximum atomic E-state index is 2.63. The molecule has 0 aromatic heterocycles. The fourth-order valence-electron chi connectivity index (χ4n) is 12.8. The Hall–Kier alpha value is -4.88. The number of benzene rings is 6. The van der Waals surface area contributed by atoms with Crippen molar-refractivity contribution in [3.8, 4) is 33.4 Å². The zero-order chi connectivity index (χ0) is 41.9. The van der Waals surface area contributed by atoms with E-state index in [1.807, 2.05) is 0 Å². The minimum absolute atomic E-state index is 0.0371. The molecule has 4 aliphatic carbocycles. The van der Waals surface area contributed by atoms with Crippen molar-refractivity contribution in [2.24, 2.45) is 0 Å². The van der Waals surface area contributed by atoms with Gasteiger partial charge in [-0.25, -0.2) is 0 Å². The van der Waals surface area contributed by atoms with E-state index in [0.717, 1.165) is 12.8 Å². The molecule has 6 aromatic rings. The Morgan fingerprint density at radius 2 is 0.887 bits per heavy atom. The van der Waals surface area contributed by atoms with Crippen LogP contribution in [0.5, 0.6) is 0 Å². The predicted molar refractivity (Wildman–Crippen MR) is 266 cm³/mol. The number of hydrogen-bond acceptors (Lipinski definition) is 1. The molecule has 0 unspecified atom stereocenters. The molecule has 62 heavy (non-hydrogen) atoms. The van der Waals surface area contributed by atoms with Crippen LogP contribution in [-0.4, -0.2) is 0 Å². The molecule has 0 aliphatic heterocycles. The summed E-state index contributed by atoms with van der Waals surface area (Å²) in [6, 6.07) is 53.0. The highest BCUT2D eigenvalue weighted by atomic mass is 15.1. The first kappa shape index (κ1) is 41.1. The van der Waals surface area contributed by atoms with Gasteiger partial charge in [0.15, 0.2) is 0 Å². The molecule has 4 aliphatic rings. The first-order valence-corrected chi connectivity index (χ1v) is 25.1. The molecule has 1 nitrogen and oxygen atoms in total. The lowest BCUT2D eigenvalue weighted by atomic mass is 9.71. The van der Waals surface area contributed by atoms with Crippen molar-refractivity contribution in [3.05, 3.63) is 161 Å². The van der Waals surface area contributed by atoms with Gasteiger partial charge in [0.25, 0.3) is 0 Å². The van der Waals surface area contributed by atoms with Crippen LogP contribution in [0.4, 0.5) is 17.1 Å². The Kier molecular flexibility index (Phi) is 12.2. The summed E-state index contributed by atoms with van der Waals surface area (Å²) < 4.78 is 0. The molecule has 0 radical (unpaired) electrons. The van der Waals surface area contributed by atoms with Gasteiger partial charge in [0.1, 0.15) is 0 Å². The predicted octanol–water partition coefficient (Wildman–Crippen LogP) is 18.5. The number of nitrogens with zero attached hydrogens (tertiary/aromatic N) is 1. The van der Waals surface area contributed by atoms with Gasteiger partial charge in [-0.3, -0.25) is 0 Å². The van der Waals surface area contributed by atoms with Gasteiger partial charge in [-0.1, -0.05) is 175 Å². The van der Waals surface area contributed by atoms with Gasteiger partial charge in [-0.2, -0.15) is 0 Å². The van der Waals surface area contributed by atoms with E-state index in [0.29, 0.717) is 17.8 Å². The Morgan fingerprint density at radius 1 is 0.387 bits per heavy atom. The van der Waals surface area contributed by atoms with Gasteiger partial charge >= 0.3 is 0 Å². The van der Waals surface area contributed by atoms with Crippen LogP contribution < -0.4 is 4.90 Å². The number of fused-ring (bicyclic) bond motifs is 3. The third kappa shape index (κ3) is 8.11. The second kappa shape index (κ2) is 18.5. The second-order valence-electron chi connectivity index (χ2n) is 19.8. The summed E-state index contributed by atoms with van der Waals surface area (Å²) in [6.45, 7) is 4.73. The van der Waals surface area contributed by atoms with E-state index in [2.05, 4.69) is 152 Å².